The zero-order valence-electron chi connectivity index (χ0n) is 16.8. The fraction of sp³-hybridized carbons (Fsp3) is 0.217. The van der Waals surface area contributed by atoms with E-state index in [-0.39, 0.29) is 11.7 Å². The van der Waals surface area contributed by atoms with E-state index in [1.54, 1.807) is 18.2 Å². The summed E-state index contributed by atoms with van der Waals surface area (Å²) in [6, 6.07) is 9.50. The molecule has 150 valence electrons. The molecule has 1 aliphatic heterocycles. The molecule has 3 rings (SSSR count). The van der Waals surface area contributed by atoms with E-state index in [2.05, 4.69) is 16.9 Å². The van der Waals surface area contributed by atoms with Crippen LogP contribution in [0.4, 0.5) is 5.69 Å². The van der Waals surface area contributed by atoms with E-state index in [1.807, 2.05) is 45.0 Å². The number of allylic oxidation sites excluding steroid dienone is 1. The summed E-state index contributed by atoms with van der Waals surface area (Å²) < 4.78 is 5.53. The lowest BCUT2D eigenvalue weighted by molar-refractivity contribution is -0.115. The maximum absolute atomic E-state index is 12.4. The number of phenols is 1. The fourth-order valence-electron chi connectivity index (χ4n) is 2.89. The number of thioether (sulfide) groups is 1. The summed E-state index contributed by atoms with van der Waals surface area (Å²) in [5, 5.41) is 13.7. The van der Waals surface area contributed by atoms with Crippen LogP contribution in [0.25, 0.3) is 6.08 Å². The number of hydrogen-bond acceptors (Lipinski definition) is 5. The number of hydrogen-bond donors (Lipinski definition) is 2. The SMILES string of the molecule is C=CCc1cc(/C=C2\SC(=Nc3ccc(C)c(C)c3)NC2=O)cc(OCC)c1O. The molecule has 0 aliphatic carbocycles. The largest absolute Gasteiger partial charge is 0.504 e. The molecule has 1 aliphatic rings. The Morgan fingerprint density at radius 3 is 2.72 bits per heavy atom. The molecule has 0 spiro atoms. The number of phenolic OH excluding ortho intramolecular Hbond substituents is 1. The first-order valence-electron chi connectivity index (χ1n) is 9.37. The standard InChI is InChI=1S/C23H24N2O3S/c1-5-7-17-11-16(12-19(21(17)26)28-6-2)13-20-22(27)25-23(29-20)24-18-9-8-14(3)15(4)10-18/h5,8-13,26H,1,6-7H2,2-4H3,(H,24,25,27)/b20-13-. The number of carbonyl (C=O) groups is 1. The zero-order chi connectivity index (χ0) is 21.0. The Balaban J connectivity index is 1.90. The number of nitrogens with zero attached hydrogens (tertiary/aromatic N) is 1. The Morgan fingerprint density at radius 2 is 2.03 bits per heavy atom. The third-order valence-electron chi connectivity index (χ3n) is 4.51. The van der Waals surface area contributed by atoms with Crippen LogP contribution in [0, 0.1) is 13.8 Å². The highest BCUT2D eigenvalue weighted by atomic mass is 32.2. The molecule has 29 heavy (non-hydrogen) atoms. The maximum atomic E-state index is 12.4. The van der Waals surface area contributed by atoms with E-state index in [9.17, 15) is 9.90 Å². The molecule has 0 saturated carbocycles. The van der Waals surface area contributed by atoms with Crippen LogP contribution in [-0.2, 0) is 11.2 Å². The number of aryl methyl sites for hydroxylation is 2. The number of amidine groups is 1. The van der Waals surface area contributed by atoms with Gasteiger partial charge in [-0.05, 0) is 86.0 Å². The van der Waals surface area contributed by atoms with Crippen molar-refractivity contribution in [2.24, 2.45) is 4.99 Å². The lowest BCUT2D eigenvalue weighted by atomic mass is 10.1. The summed E-state index contributed by atoms with van der Waals surface area (Å²) in [5.41, 5.74) is 4.62. The van der Waals surface area contributed by atoms with E-state index < -0.39 is 0 Å². The smallest absolute Gasteiger partial charge is 0.264 e. The van der Waals surface area contributed by atoms with Crippen molar-refractivity contribution in [2.75, 3.05) is 6.61 Å². The number of rotatable bonds is 6. The van der Waals surface area contributed by atoms with E-state index in [4.69, 9.17) is 4.74 Å². The fourth-order valence-corrected chi connectivity index (χ4v) is 3.74. The molecule has 1 fully saturated rings. The van der Waals surface area contributed by atoms with Crippen molar-refractivity contribution in [1.82, 2.24) is 5.32 Å². The van der Waals surface area contributed by atoms with Crippen molar-refractivity contribution in [3.63, 3.8) is 0 Å². The molecular weight excluding hydrogens is 384 g/mol. The highest BCUT2D eigenvalue weighted by molar-refractivity contribution is 8.18. The van der Waals surface area contributed by atoms with Gasteiger partial charge >= 0.3 is 0 Å². The number of nitrogens with one attached hydrogen (secondary N) is 1. The lowest BCUT2D eigenvalue weighted by Gasteiger charge is -2.11. The molecule has 1 heterocycles. The van der Waals surface area contributed by atoms with E-state index in [0.29, 0.717) is 34.4 Å². The number of carbonyl (C=O) groups excluding carboxylic acids is 1. The van der Waals surface area contributed by atoms with Crippen LogP contribution in [-0.4, -0.2) is 22.8 Å². The number of benzene rings is 2. The van der Waals surface area contributed by atoms with Crippen molar-refractivity contribution < 1.29 is 14.6 Å². The van der Waals surface area contributed by atoms with Crippen LogP contribution < -0.4 is 10.1 Å². The van der Waals surface area contributed by atoms with Gasteiger partial charge in [-0.25, -0.2) is 4.99 Å². The first-order chi connectivity index (χ1) is 13.9. The van der Waals surface area contributed by atoms with Crippen LogP contribution in [0.1, 0.15) is 29.2 Å². The Bertz CT molecular complexity index is 1030. The second-order valence-electron chi connectivity index (χ2n) is 6.70. The van der Waals surface area contributed by atoms with Crippen LogP contribution in [0.15, 0.2) is 52.9 Å². The minimum atomic E-state index is -0.200. The molecular formula is C23H24N2O3S. The normalized spacial score (nSPS) is 16.3. The molecule has 1 amide bonds. The van der Waals surface area contributed by atoms with Gasteiger partial charge in [-0.1, -0.05) is 12.1 Å². The van der Waals surface area contributed by atoms with Crippen LogP contribution >= 0.6 is 11.8 Å². The monoisotopic (exact) mass is 408 g/mol. The molecule has 6 heteroatoms. The third-order valence-corrected chi connectivity index (χ3v) is 5.42. The van der Waals surface area contributed by atoms with Gasteiger partial charge in [0, 0.05) is 5.56 Å². The first-order valence-corrected chi connectivity index (χ1v) is 10.2. The number of amides is 1. The second kappa shape index (κ2) is 9.01. The molecule has 5 nitrogen and oxygen atoms in total. The average Bonchev–Trinajstić information content (AvgIpc) is 3.01. The molecule has 2 N–H and O–H groups in total. The van der Waals surface area contributed by atoms with Crippen LogP contribution in [0.2, 0.25) is 0 Å². The van der Waals surface area contributed by atoms with Gasteiger partial charge in [0.15, 0.2) is 16.7 Å². The highest BCUT2D eigenvalue weighted by Crippen LogP contribution is 2.35. The molecule has 2 aromatic rings. The van der Waals surface area contributed by atoms with Crippen LogP contribution in [0.3, 0.4) is 0 Å². The number of ether oxygens (including phenoxy) is 1. The Kier molecular flexibility index (Phi) is 6.44. The number of aromatic hydroxyl groups is 1. The molecule has 0 atom stereocenters. The first kappa shape index (κ1) is 20.7. The quantitative estimate of drug-likeness (QED) is 0.520. The predicted octanol–water partition coefficient (Wildman–Crippen LogP) is 5.03. The summed E-state index contributed by atoms with van der Waals surface area (Å²) in [4.78, 5) is 17.5. The molecule has 0 bridgehead atoms. The summed E-state index contributed by atoms with van der Waals surface area (Å²) in [7, 11) is 0. The molecule has 0 unspecified atom stereocenters. The molecule has 0 radical (unpaired) electrons. The Hall–Kier alpha value is -2.99. The van der Waals surface area contributed by atoms with Crippen LogP contribution in [0.5, 0.6) is 11.5 Å². The Morgan fingerprint density at radius 1 is 1.24 bits per heavy atom. The van der Waals surface area contributed by atoms with Crippen molar-refractivity contribution in [3.8, 4) is 11.5 Å². The third kappa shape index (κ3) is 4.90. The summed E-state index contributed by atoms with van der Waals surface area (Å²) >= 11 is 1.29. The van der Waals surface area contributed by atoms with Gasteiger partial charge in [0.25, 0.3) is 5.91 Å². The second-order valence-corrected chi connectivity index (χ2v) is 7.73. The van der Waals surface area contributed by atoms with E-state index in [0.717, 1.165) is 16.8 Å². The average molecular weight is 409 g/mol. The van der Waals surface area contributed by atoms with Gasteiger partial charge in [0.2, 0.25) is 0 Å². The number of aliphatic imine (C=N–C) groups is 1. The van der Waals surface area contributed by atoms with Gasteiger partial charge in [-0.2, -0.15) is 0 Å². The minimum absolute atomic E-state index is 0.106. The van der Waals surface area contributed by atoms with E-state index in [1.165, 1.54) is 17.3 Å². The van der Waals surface area contributed by atoms with Gasteiger partial charge in [0.1, 0.15) is 0 Å². The molecule has 1 saturated heterocycles. The highest BCUT2D eigenvalue weighted by Gasteiger charge is 2.24. The molecule has 2 aromatic carbocycles. The summed E-state index contributed by atoms with van der Waals surface area (Å²) in [6.07, 6.45) is 3.99. The van der Waals surface area contributed by atoms with Crippen molar-refractivity contribution in [3.05, 3.63) is 70.1 Å². The summed E-state index contributed by atoms with van der Waals surface area (Å²) in [6.45, 7) is 10.1. The van der Waals surface area contributed by atoms with Gasteiger partial charge in [-0.3, -0.25) is 4.79 Å². The van der Waals surface area contributed by atoms with Crippen molar-refractivity contribution in [1.29, 1.82) is 0 Å². The zero-order valence-corrected chi connectivity index (χ0v) is 17.6. The van der Waals surface area contributed by atoms with Gasteiger partial charge in [-0.15, -0.1) is 6.58 Å². The maximum Gasteiger partial charge on any atom is 0.264 e. The van der Waals surface area contributed by atoms with Crippen molar-refractivity contribution >= 4 is 34.6 Å². The van der Waals surface area contributed by atoms with E-state index >= 15 is 0 Å². The predicted molar refractivity (Wildman–Crippen MR) is 120 cm³/mol. The minimum Gasteiger partial charge on any atom is -0.504 e. The molecule has 0 aromatic heterocycles. The topological polar surface area (TPSA) is 70.9 Å². The van der Waals surface area contributed by atoms with Gasteiger partial charge < -0.3 is 15.2 Å². The summed E-state index contributed by atoms with van der Waals surface area (Å²) in [5.74, 6) is 0.300. The van der Waals surface area contributed by atoms with Crippen molar-refractivity contribution in [2.45, 2.75) is 27.2 Å². The Labute approximate surface area is 175 Å². The van der Waals surface area contributed by atoms with Gasteiger partial charge in [0.05, 0.1) is 17.2 Å². The lowest BCUT2D eigenvalue weighted by Crippen LogP contribution is -2.19.